The van der Waals surface area contributed by atoms with E-state index in [0.29, 0.717) is 6.61 Å². The van der Waals surface area contributed by atoms with Crippen molar-refractivity contribution in [3.8, 4) is 0 Å². The summed E-state index contributed by atoms with van der Waals surface area (Å²) in [6.45, 7) is 2.48. The van der Waals surface area contributed by atoms with Crippen molar-refractivity contribution in [1.82, 2.24) is 0 Å². The van der Waals surface area contributed by atoms with Gasteiger partial charge < -0.3 is 9.47 Å². The van der Waals surface area contributed by atoms with Gasteiger partial charge in [-0.3, -0.25) is 9.59 Å². The Morgan fingerprint density at radius 2 is 1.65 bits per heavy atom. The summed E-state index contributed by atoms with van der Waals surface area (Å²) in [7, 11) is 1.40. The van der Waals surface area contributed by atoms with Gasteiger partial charge >= 0.3 is 11.9 Å². The fourth-order valence-electron chi connectivity index (χ4n) is 5.81. The van der Waals surface area contributed by atoms with E-state index in [4.69, 9.17) is 9.47 Å². The normalized spacial score (nSPS) is 33.5. The van der Waals surface area contributed by atoms with Gasteiger partial charge in [-0.05, 0) is 22.3 Å². The van der Waals surface area contributed by atoms with Gasteiger partial charge in [0.1, 0.15) is 0 Å². The molecule has 4 aliphatic rings. The maximum Gasteiger partial charge on any atom is 0.311 e. The molecule has 132 valence electrons. The molecule has 0 unspecified atom stereocenters. The maximum absolute atomic E-state index is 13.0. The van der Waals surface area contributed by atoms with Crippen molar-refractivity contribution < 1.29 is 19.1 Å². The van der Waals surface area contributed by atoms with Crippen molar-refractivity contribution in [2.75, 3.05) is 13.7 Å². The lowest BCUT2D eigenvalue weighted by Crippen LogP contribution is -2.63. The van der Waals surface area contributed by atoms with E-state index in [2.05, 4.69) is 31.2 Å². The molecular weight excluding hydrogens is 328 g/mol. The highest BCUT2D eigenvalue weighted by atomic mass is 16.5. The van der Waals surface area contributed by atoms with Crippen LogP contribution in [0, 0.1) is 17.8 Å². The van der Waals surface area contributed by atoms with E-state index in [1.165, 1.54) is 7.11 Å². The first-order valence-electron chi connectivity index (χ1n) is 9.05. The van der Waals surface area contributed by atoms with Crippen molar-refractivity contribution in [3.63, 3.8) is 0 Å². The topological polar surface area (TPSA) is 52.6 Å². The second kappa shape index (κ2) is 5.19. The van der Waals surface area contributed by atoms with Gasteiger partial charge in [0.2, 0.25) is 0 Å². The number of benzene rings is 2. The predicted molar refractivity (Wildman–Crippen MR) is 94.6 cm³/mol. The Hall–Kier alpha value is -2.62. The zero-order chi connectivity index (χ0) is 18.1. The van der Waals surface area contributed by atoms with Crippen molar-refractivity contribution >= 4 is 11.9 Å². The molecule has 3 atom stereocenters. The molecule has 0 N–H and O–H groups in total. The van der Waals surface area contributed by atoms with Crippen molar-refractivity contribution in [2.45, 2.75) is 18.3 Å². The molecule has 6 rings (SSSR count). The van der Waals surface area contributed by atoms with Gasteiger partial charge in [-0.15, -0.1) is 0 Å². The average Bonchev–Trinajstić information content (AvgIpc) is 2.69. The van der Waals surface area contributed by atoms with E-state index < -0.39 is 17.3 Å². The molecule has 1 spiro atoms. The quantitative estimate of drug-likeness (QED) is 0.744. The molecule has 4 nitrogen and oxygen atoms in total. The first-order chi connectivity index (χ1) is 12.6. The molecule has 0 amide bonds. The Balaban J connectivity index is 1.93. The molecule has 2 bridgehead atoms. The SMILES string of the molecule is COC(=O)[C@H]1C2c3ccccc3C3(c4ccccc42)[C@H](C)COC(=O)[C@H]13. The summed E-state index contributed by atoms with van der Waals surface area (Å²) in [6, 6.07) is 16.5. The van der Waals surface area contributed by atoms with Crippen LogP contribution >= 0.6 is 0 Å². The lowest BCUT2D eigenvalue weighted by atomic mass is 9.43. The number of cyclic esters (lactones) is 1. The van der Waals surface area contributed by atoms with Crippen LogP contribution in [-0.2, 0) is 24.5 Å². The molecule has 1 saturated heterocycles. The summed E-state index contributed by atoms with van der Waals surface area (Å²) in [6.07, 6.45) is 0. The number of ether oxygens (including phenoxy) is 2. The van der Waals surface area contributed by atoms with Crippen LogP contribution in [0.5, 0.6) is 0 Å². The third-order valence-corrected chi connectivity index (χ3v) is 6.67. The molecule has 3 aliphatic carbocycles. The number of hydrogen-bond acceptors (Lipinski definition) is 4. The smallest absolute Gasteiger partial charge is 0.311 e. The third-order valence-electron chi connectivity index (χ3n) is 6.67. The molecular formula is C22H20O4. The summed E-state index contributed by atoms with van der Waals surface area (Å²) in [5.74, 6) is -1.83. The number of hydrogen-bond donors (Lipinski definition) is 0. The predicted octanol–water partition coefficient (Wildman–Crippen LogP) is 3.03. The molecule has 2 aromatic carbocycles. The largest absolute Gasteiger partial charge is 0.469 e. The van der Waals surface area contributed by atoms with E-state index >= 15 is 0 Å². The van der Waals surface area contributed by atoms with Crippen LogP contribution in [0.3, 0.4) is 0 Å². The highest BCUT2D eigenvalue weighted by Crippen LogP contribution is 2.65. The van der Waals surface area contributed by atoms with Gasteiger partial charge in [-0.1, -0.05) is 55.5 Å². The number of carbonyl (C=O) groups is 2. The lowest BCUT2D eigenvalue weighted by molar-refractivity contribution is -0.175. The average molecular weight is 348 g/mol. The summed E-state index contributed by atoms with van der Waals surface area (Å²) < 4.78 is 10.7. The Bertz CT molecular complexity index is 884. The van der Waals surface area contributed by atoms with Crippen molar-refractivity contribution in [2.24, 2.45) is 17.8 Å². The van der Waals surface area contributed by atoms with Gasteiger partial charge in [0.15, 0.2) is 0 Å². The minimum atomic E-state index is -0.556. The van der Waals surface area contributed by atoms with E-state index in [9.17, 15) is 9.59 Å². The van der Waals surface area contributed by atoms with Crippen LogP contribution in [0.15, 0.2) is 48.5 Å². The Labute approximate surface area is 152 Å². The van der Waals surface area contributed by atoms with Gasteiger partial charge in [-0.25, -0.2) is 0 Å². The van der Waals surface area contributed by atoms with E-state index in [-0.39, 0.29) is 23.8 Å². The maximum atomic E-state index is 13.0. The van der Waals surface area contributed by atoms with Crippen LogP contribution in [-0.4, -0.2) is 25.7 Å². The third kappa shape index (κ3) is 1.61. The molecule has 1 aliphatic heterocycles. The Kier molecular flexibility index (Phi) is 3.12. The molecule has 1 heterocycles. The fourth-order valence-corrected chi connectivity index (χ4v) is 5.81. The van der Waals surface area contributed by atoms with Gasteiger partial charge in [0.25, 0.3) is 0 Å². The summed E-state index contributed by atoms with van der Waals surface area (Å²) >= 11 is 0. The highest BCUT2D eigenvalue weighted by Gasteiger charge is 2.67. The molecule has 26 heavy (non-hydrogen) atoms. The molecule has 4 heteroatoms. The number of methoxy groups -OCH3 is 1. The Morgan fingerprint density at radius 3 is 2.23 bits per heavy atom. The molecule has 1 fully saturated rings. The van der Waals surface area contributed by atoms with Crippen LogP contribution in [0.1, 0.15) is 35.1 Å². The van der Waals surface area contributed by atoms with E-state index in [1.54, 1.807) is 0 Å². The van der Waals surface area contributed by atoms with E-state index in [0.717, 1.165) is 22.3 Å². The standard InChI is InChI=1S/C22H20O4/c1-12-11-26-21(24)19-18(20(23)25-2)17-13-7-3-5-9-15(13)22(12,19)16-10-6-4-8-14(16)17/h3-10,12,17-19H,11H2,1-2H3/t12-,17?,18+,19+,22?/m1/s1. The van der Waals surface area contributed by atoms with Crippen molar-refractivity contribution in [1.29, 1.82) is 0 Å². The first-order valence-corrected chi connectivity index (χ1v) is 9.05. The van der Waals surface area contributed by atoms with Crippen LogP contribution < -0.4 is 0 Å². The second-order valence-electron chi connectivity index (χ2n) is 7.58. The molecule has 2 aromatic rings. The number of rotatable bonds is 1. The van der Waals surface area contributed by atoms with Crippen molar-refractivity contribution in [3.05, 3.63) is 70.8 Å². The summed E-state index contributed by atoms with van der Waals surface area (Å²) in [5, 5.41) is 0. The number of esters is 2. The van der Waals surface area contributed by atoms with Gasteiger partial charge in [0, 0.05) is 17.3 Å². The zero-order valence-electron chi connectivity index (χ0n) is 14.8. The Morgan fingerprint density at radius 1 is 1.08 bits per heavy atom. The van der Waals surface area contributed by atoms with Crippen LogP contribution in [0.2, 0.25) is 0 Å². The molecule has 0 saturated carbocycles. The first kappa shape index (κ1) is 15.6. The summed E-state index contributed by atoms with van der Waals surface area (Å²) in [4.78, 5) is 25.8. The zero-order valence-corrected chi connectivity index (χ0v) is 14.8. The molecule has 0 aromatic heterocycles. The fraction of sp³-hybridized carbons (Fsp3) is 0.364. The minimum Gasteiger partial charge on any atom is -0.469 e. The monoisotopic (exact) mass is 348 g/mol. The van der Waals surface area contributed by atoms with E-state index in [1.807, 2.05) is 24.3 Å². The van der Waals surface area contributed by atoms with Crippen LogP contribution in [0.25, 0.3) is 0 Å². The lowest BCUT2D eigenvalue weighted by Gasteiger charge is -2.59. The highest BCUT2D eigenvalue weighted by molar-refractivity contribution is 5.90. The minimum absolute atomic E-state index is 0.0703. The van der Waals surface area contributed by atoms with Gasteiger partial charge in [0.05, 0.1) is 25.6 Å². The summed E-state index contributed by atoms with van der Waals surface area (Å²) in [5.41, 5.74) is 4.06. The number of carbonyl (C=O) groups excluding carboxylic acids is 2. The molecule has 0 radical (unpaired) electrons. The second-order valence-corrected chi connectivity index (χ2v) is 7.58. The van der Waals surface area contributed by atoms with Crippen LogP contribution in [0.4, 0.5) is 0 Å². The van der Waals surface area contributed by atoms with Gasteiger partial charge in [-0.2, -0.15) is 0 Å².